The molecular formula is C54H89NO7P+. The molecule has 8 nitrogen and oxygen atoms in total. The first-order valence-electron chi connectivity index (χ1n) is 23.9. The molecule has 63 heavy (non-hydrogen) atoms. The molecule has 356 valence electrons. The molecule has 1 N–H and O–H groups in total. The number of nitrogens with zero attached hydrogens (tertiary/aromatic N) is 1. The molecule has 2 unspecified atom stereocenters. The smallest absolute Gasteiger partial charge is 0.457 e. The van der Waals surface area contributed by atoms with Gasteiger partial charge >= 0.3 is 13.8 Å². The first-order chi connectivity index (χ1) is 30.6. The van der Waals surface area contributed by atoms with E-state index >= 15 is 0 Å². The topological polar surface area (TPSA) is 91.3 Å². The van der Waals surface area contributed by atoms with Crippen molar-refractivity contribution in [2.24, 2.45) is 0 Å². The van der Waals surface area contributed by atoms with Crippen LogP contribution >= 0.6 is 7.82 Å². The number of allylic oxidation sites excluding steroid dienone is 22. The Balaban J connectivity index is 4.35. The Morgan fingerprint density at radius 1 is 0.492 bits per heavy atom. The van der Waals surface area contributed by atoms with Crippen LogP contribution in [0.3, 0.4) is 0 Å². The Morgan fingerprint density at radius 3 is 1.27 bits per heavy atom. The molecule has 0 amide bonds. The van der Waals surface area contributed by atoms with Crippen LogP contribution in [0.2, 0.25) is 0 Å². The van der Waals surface area contributed by atoms with Gasteiger partial charge in [-0.05, 0) is 109 Å². The van der Waals surface area contributed by atoms with Crippen molar-refractivity contribution < 1.29 is 37.3 Å². The minimum Gasteiger partial charge on any atom is -0.457 e. The largest absolute Gasteiger partial charge is 0.472 e. The van der Waals surface area contributed by atoms with Gasteiger partial charge in [-0.25, -0.2) is 4.57 Å². The molecule has 0 radical (unpaired) electrons. The van der Waals surface area contributed by atoms with Crippen LogP contribution in [0, 0.1) is 0 Å². The van der Waals surface area contributed by atoms with Gasteiger partial charge in [0, 0.05) is 13.0 Å². The van der Waals surface area contributed by atoms with Crippen LogP contribution in [0.5, 0.6) is 0 Å². The maximum Gasteiger partial charge on any atom is 0.472 e. The molecule has 0 aliphatic rings. The normalized spacial score (nSPS) is 14.8. The number of rotatable bonds is 42. The minimum atomic E-state index is -4.31. The van der Waals surface area contributed by atoms with E-state index in [0.29, 0.717) is 24.1 Å². The van der Waals surface area contributed by atoms with E-state index in [1.165, 1.54) is 0 Å². The number of phosphoric ester groups is 1. The Kier molecular flexibility index (Phi) is 42.8. The van der Waals surface area contributed by atoms with Gasteiger partial charge in [-0.15, -0.1) is 0 Å². The van der Waals surface area contributed by atoms with Gasteiger partial charge in [0.05, 0.1) is 34.4 Å². The summed E-state index contributed by atoms with van der Waals surface area (Å²) in [6, 6.07) is 0. The quantitative estimate of drug-likeness (QED) is 0.0215. The summed E-state index contributed by atoms with van der Waals surface area (Å²) in [5, 5.41) is 0. The number of unbranched alkanes of at least 4 members (excludes halogenated alkanes) is 6. The van der Waals surface area contributed by atoms with Gasteiger partial charge < -0.3 is 18.9 Å². The fourth-order valence-electron chi connectivity index (χ4n) is 5.58. The number of quaternary nitrogens is 1. The van der Waals surface area contributed by atoms with Crippen molar-refractivity contribution in [1.82, 2.24) is 0 Å². The molecule has 0 aromatic heterocycles. The highest BCUT2D eigenvalue weighted by Gasteiger charge is 2.26. The molecular weight excluding hydrogens is 806 g/mol. The first kappa shape index (κ1) is 59.6. The fourth-order valence-corrected chi connectivity index (χ4v) is 6.32. The molecule has 0 fully saturated rings. The summed E-state index contributed by atoms with van der Waals surface area (Å²) in [5.41, 5.74) is 0. The zero-order valence-corrected chi connectivity index (χ0v) is 41.1. The van der Waals surface area contributed by atoms with Gasteiger partial charge in [0.2, 0.25) is 0 Å². The molecule has 0 bridgehead atoms. The number of hydrogen-bond acceptors (Lipinski definition) is 6. The van der Waals surface area contributed by atoms with Crippen molar-refractivity contribution >= 4 is 13.8 Å². The number of esters is 1. The van der Waals surface area contributed by atoms with Crippen molar-refractivity contribution in [3.63, 3.8) is 0 Å². The van der Waals surface area contributed by atoms with Gasteiger partial charge in [0.15, 0.2) is 0 Å². The van der Waals surface area contributed by atoms with E-state index in [4.69, 9.17) is 18.5 Å². The first-order valence-corrected chi connectivity index (χ1v) is 25.4. The van der Waals surface area contributed by atoms with E-state index in [-0.39, 0.29) is 32.2 Å². The molecule has 0 aromatic rings. The Bertz CT molecular complexity index is 1460. The van der Waals surface area contributed by atoms with Gasteiger partial charge in [-0.1, -0.05) is 160 Å². The van der Waals surface area contributed by atoms with Crippen LogP contribution in [-0.4, -0.2) is 75.6 Å². The lowest BCUT2D eigenvalue weighted by molar-refractivity contribution is -0.870. The maximum atomic E-state index is 12.7. The fraction of sp³-hybridized carbons (Fsp3) is 0.574. The molecule has 0 saturated carbocycles. The lowest BCUT2D eigenvalue weighted by atomic mass is 10.1. The third kappa shape index (κ3) is 49.5. The average Bonchev–Trinajstić information content (AvgIpc) is 3.24. The van der Waals surface area contributed by atoms with E-state index in [1.807, 2.05) is 21.1 Å². The number of carbonyl (C=O) groups excluding carboxylic acids is 1. The summed E-state index contributed by atoms with van der Waals surface area (Å²) in [4.78, 5) is 23.0. The summed E-state index contributed by atoms with van der Waals surface area (Å²) in [6.45, 7) is 5.22. The lowest BCUT2D eigenvalue weighted by Gasteiger charge is -2.24. The third-order valence-electron chi connectivity index (χ3n) is 9.21. The van der Waals surface area contributed by atoms with E-state index in [9.17, 15) is 14.3 Å². The molecule has 0 aromatic carbocycles. The highest BCUT2D eigenvalue weighted by molar-refractivity contribution is 7.47. The standard InChI is InChI=1S/C54H88NO7P/c1-6-8-10-12-14-16-18-20-22-24-25-26-27-28-29-30-31-32-33-35-37-39-41-43-45-47-54(56)62-53(52-61-63(57,58)60-50-48-55(3,4)5)51-59-49-46-44-42-40-38-36-34-23-21-19-17-15-13-11-9-7-2/h8-11,14-17,20-23,25-26,28-29,31-32,35-38,53H,6-7,12-13,18-19,24,27,30,33-34,39-52H2,1-5H3/p+1/b10-8-,11-9-,16-14-,17-15-,22-20-,23-21-,26-25-,29-28-,32-31-,37-35-,38-36-. The highest BCUT2D eigenvalue weighted by atomic mass is 31.2. The van der Waals surface area contributed by atoms with Gasteiger partial charge in [0.25, 0.3) is 0 Å². The van der Waals surface area contributed by atoms with Crippen molar-refractivity contribution in [3.05, 3.63) is 134 Å². The van der Waals surface area contributed by atoms with Crippen LogP contribution in [-0.2, 0) is 27.9 Å². The molecule has 0 spiro atoms. The predicted molar refractivity (Wildman–Crippen MR) is 270 cm³/mol. The van der Waals surface area contributed by atoms with Crippen molar-refractivity contribution in [2.75, 3.05) is 54.1 Å². The van der Waals surface area contributed by atoms with Crippen LogP contribution in [0.25, 0.3) is 0 Å². The number of ether oxygens (including phenoxy) is 2. The molecule has 0 saturated heterocycles. The summed E-state index contributed by atoms with van der Waals surface area (Å²) >= 11 is 0. The lowest BCUT2D eigenvalue weighted by Crippen LogP contribution is -2.37. The predicted octanol–water partition coefficient (Wildman–Crippen LogP) is 14.7. The summed E-state index contributed by atoms with van der Waals surface area (Å²) in [7, 11) is 1.59. The number of hydrogen-bond donors (Lipinski definition) is 1. The average molecular weight is 895 g/mol. The number of carbonyl (C=O) groups is 1. The van der Waals surface area contributed by atoms with E-state index in [2.05, 4.69) is 148 Å². The van der Waals surface area contributed by atoms with Crippen molar-refractivity contribution in [3.8, 4) is 0 Å². The third-order valence-corrected chi connectivity index (χ3v) is 10.2. The molecule has 0 heterocycles. The van der Waals surface area contributed by atoms with Crippen LogP contribution in [0.1, 0.15) is 142 Å². The van der Waals surface area contributed by atoms with Crippen molar-refractivity contribution in [1.29, 1.82) is 0 Å². The zero-order chi connectivity index (χ0) is 46.2. The van der Waals surface area contributed by atoms with Gasteiger partial charge in [-0.3, -0.25) is 13.8 Å². The van der Waals surface area contributed by atoms with E-state index in [0.717, 1.165) is 116 Å². The summed E-state index contributed by atoms with van der Waals surface area (Å²) < 4.78 is 35.0. The second-order valence-corrected chi connectivity index (χ2v) is 17.8. The number of phosphoric acid groups is 1. The Labute approximate surface area is 385 Å². The van der Waals surface area contributed by atoms with Gasteiger partial charge in [-0.2, -0.15) is 0 Å². The minimum absolute atomic E-state index is 0.0663. The molecule has 0 rings (SSSR count). The maximum absolute atomic E-state index is 12.7. The van der Waals surface area contributed by atoms with E-state index in [1.54, 1.807) is 0 Å². The second-order valence-electron chi connectivity index (χ2n) is 16.4. The van der Waals surface area contributed by atoms with Crippen molar-refractivity contribution in [2.45, 2.75) is 148 Å². The SMILES string of the molecule is CC/C=C\C/C=C\C/C=C\C/C=C\C/C=C\C/C=C\C/C=C\CCCCCC(=O)OC(COCCCCC/C=C\C/C=C\C/C=C\C/C=C\CC)COP(=O)(O)OCC[N+](C)(C)C. The summed E-state index contributed by atoms with van der Waals surface area (Å²) in [6.07, 6.45) is 66.4. The summed E-state index contributed by atoms with van der Waals surface area (Å²) in [5.74, 6) is -0.364. The van der Waals surface area contributed by atoms with Gasteiger partial charge in [0.1, 0.15) is 19.3 Å². The zero-order valence-electron chi connectivity index (χ0n) is 40.2. The van der Waals surface area contributed by atoms with Crippen LogP contribution < -0.4 is 0 Å². The van der Waals surface area contributed by atoms with Crippen LogP contribution in [0.4, 0.5) is 0 Å². The Morgan fingerprint density at radius 2 is 0.873 bits per heavy atom. The highest BCUT2D eigenvalue weighted by Crippen LogP contribution is 2.43. The monoisotopic (exact) mass is 895 g/mol. The Hall–Kier alpha value is -3.36. The molecule has 0 aliphatic carbocycles. The van der Waals surface area contributed by atoms with Crippen LogP contribution in [0.15, 0.2) is 134 Å². The number of likely N-dealkylation sites (N-methyl/N-ethyl adjacent to an activating group) is 1. The second kappa shape index (κ2) is 45.2. The molecule has 0 aliphatic heterocycles. The molecule has 2 atom stereocenters. The van der Waals surface area contributed by atoms with E-state index < -0.39 is 13.9 Å². The molecule has 9 heteroatoms.